The van der Waals surface area contributed by atoms with Gasteiger partial charge in [0.25, 0.3) is 0 Å². The minimum atomic E-state index is -3.48. The minimum Gasteiger partial charge on any atom is -0.398 e. The fourth-order valence-corrected chi connectivity index (χ4v) is 3.31. The maximum atomic E-state index is 12.3. The Morgan fingerprint density at radius 2 is 2.00 bits per heavy atom. The molecule has 0 aliphatic rings. The van der Waals surface area contributed by atoms with E-state index in [1.807, 2.05) is 0 Å². The third-order valence-electron chi connectivity index (χ3n) is 2.74. The molecule has 0 saturated carbocycles. The van der Waals surface area contributed by atoms with Crippen molar-refractivity contribution in [1.29, 1.82) is 0 Å². The number of sulfonamides is 1. The summed E-state index contributed by atoms with van der Waals surface area (Å²) in [7, 11) is -1.89. The molecule has 0 radical (unpaired) electrons. The summed E-state index contributed by atoms with van der Waals surface area (Å²) in [5.41, 5.74) is 6.03. The molecule has 0 atom stereocenters. The Morgan fingerprint density at radius 1 is 1.33 bits per heavy atom. The van der Waals surface area contributed by atoms with E-state index in [1.54, 1.807) is 19.2 Å². The maximum Gasteiger partial charge on any atom is 0.244 e. The quantitative estimate of drug-likeness (QED) is 0.642. The highest BCUT2D eigenvalue weighted by atomic mass is 79.9. The van der Waals surface area contributed by atoms with Crippen molar-refractivity contribution in [3.8, 4) is 0 Å². The van der Waals surface area contributed by atoms with Crippen LogP contribution in [0.3, 0.4) is 0 Å². The molecule has 1 rings (SSSR count). The van der Waals surface area contributed by atoms with E-state index in [1.165, 1.54) is 10.4 Å². The Balaban J connectivity index is 2.91. The summed E-state index contributed by atoms with van der Waals surface area (Å²) < 4.78 is 26.7. The van der Waals surface area contributed by atoms with E-state index in [0.717, 1.165) is 23.7 Å². The monoisotopic (exact) mass is 334 g/mol. The number of hydrogen-bond donors (Lipinski definition) is 1. The summed E-state index contributed by atoms with van der Waals surface area (Å²) in [4.78, 5) is 0.171. The van der Waals surface area contributed by atoms with Crippen LogP contribution < -0.4 is 5.73 Å². The average Bonchev–Trinajstić information content (AvgIpc) is 2.28. The van der Waals surface area contributed by atoms with Gasteiger partial charge in [0.1, 0.15) is 4.90 Å². The lowest BCUT2D eigenvalue weighted by Gasteiger charge is -2.18. The first-order valence-corrected chi connectivity index (χ1v) is 8.14. The van der Waals surface area contributed by atoms with Crippen molar-refractivity contribution in [2.24, 2.45) is 0 Å². The van der Waals surface area contributed by atoms with Crippen LogP contribution in [0.2, 0.25) is 0 Å². The topological polar surface area (TPSA) is 63.4 Å². The predicted molar refractivity (Wildman–Crippen MR) is 77.9 cm³/mol. The highest BCUT2D eigenvalue weighted by Crippen LogP contribution is 2.25. The van der Waals surface area contributed by atoms with Crippen molar-refractivity contribution in [3.63, 3.8) is 0 Å². The third-order valence-corrected chi connectivity index (χ3v) is 5.16. The van der Waals surface area contributed by atoms with Crippen LogP contribution in [-0.4, -0.2) is 26.3 Å². The summed E-state index contributed by atoms with van der Waals surface area (Å²) in [5, 5.41) is 0. The average molecular weight is 335 g/mol. The largest absolute Gasteiger partial charge is 0.398 e. The molecular weight excluding hydrogens is 316 g/mol. The zero-order chi connectivity index (χ0) is 13.8. The number of unbranched alkanes of at least 4 members (excludes halogenated alkanes) is 2. The van der Waals surface area contributed by atoms with E-state index < -0.39 is 10.0 Å². The second-order valence-electron chi connectivity index (χ2n) is 4.22. The number of hydrogen-bond acceptors (Lipinski definition) is 3. The number of nitrogens with zero attached hydrogens (tertiary/aromatic N) is 1. The van der Waals surface area contributed by atoms with Crippen LogP contribution in [0.4, 0.5) is 5.69 Å². The molecule has 2 N–H and O–H groups in total. The van der Waals surface area contributed by atoms with Crippen molar-refractivity contribution < 1.29 is 8.42 Å². The molecule has 18 heavy (non-hydrogen) atoms. The van der Waals surface area contributed by atoms with Crippen LogP contribution >= 0.6 is 15.9 Å². The smallest absolute Gasteiger partial charge is 0.244 e. The lowest BCUT2D eigenvalue weighted by molar-refractivity contribution is 0.454. The Kier molecular flexibility index (Phi) is 5.62. The van der Waals surface area contributed by atoms with Crippen LogP contribution in [0.25, 0.3) is 0 Å². The molecule has 0 heterocycles. The van der Waals surface area contributed by atoms with Crippen LogP contribution in [0.5, 0.6) is 0 Å². The van der Waals surface area contributed by atoms with Crippen molar-refractivity contribution in [2.75, 3.05) is 19.3 Å². The molecule has 0 spiro atoms. The van der Waals surface area contributed by atoms with Crippen LogP contribution in [0.1, 0.15) is 26.2 Å². The molecule has 0 aromatic heterocycles. The first kappa shape index (κ1) is 15.5. The van der Waals surface area contributed by atoms with Crippen LogP contribution in [0.15, 0.2) is 27.6 Å². The van der Waals surface area contributed by atoms with Crippen molar-refractivity contribution in [2.45, 2.75) is 31.1 Å². The number of nitrogens with two attached hydrogens (primary N) is 1. The van der Waals surface area contributed by atoms with E-state index in [2.05, 4.69) is 22.9 Å². The van der Waals surface area contributed by atoms with Gasteiger partial charge in [0.2, 0.25) is 10.0 Å². The standard InChI is InChI=1S/C12H19BrN2O2S/c1-3-4-5-8-15(2)18(16,17)12-7-6-10(13)9-11(12)14/h6-7,9H,3-5,8,14H2,1-2H3. The van der Waals surface area contributed by atoms with Gasteiger partial charge >= 0.3 is 0 Å². The lowest BCUT2D eigenvalue weighted by atomic mass is 10.2. The van der Waals surface area contributed by atoms with Crippen molar-refractivity contribution in [3.05, 3.63) is 22.7 Å². The van der Waals surface area contributed by atoms with E-state index in [4.69, 9.17) is 5.73 Å². The molecule has 0 amide bonds. The Morgan fingerprint density at radius 3 is 2.56 bits per heavy atom. The van der Waals surface area contributed by atoms with Gasteiger partial charge in [-0.2, -0.15) is 0 Å². The van der Waals surface area contributed by atoms with E-state index in [9.17, 15) is 8.42 Å². The van der Waals surface area contributed by atoms with Crippen LogP contribution in [0, 0.1) is 0 Å². The predicted octanol–water partition coefficient (Wildman–Crippen LogP) is 2.84. The SMILES string of the molecule is CCCCCN(C)S(=O)(=O)c1ccc(Br)cc1N. The molecule has 0 unspecified atom stereocenters. The van der Waals surface area contributed by atoms with Crippen molar-refractivity contribution in [1.82, 2.24) is 4.31 Å². The minimum absolute atomic E-state index is 0.171. The highest BCUT2D eigenvalue weighted by Gasteiger charge is 2.22. The molecule has 1 aromatic carbocycles. The van der Waals surface area contributed by atoms with Gasteiger partial charge in [0.15, 0.2) is 0 Å². The van der Waals surface area contributed by atoms with Gasteiger partial charge in [0.05, 0.1) is 5.69 Å². The summed E-state index contributed by atoms with van der Waals surface area (Å²) in [6.45, 7) is 2.60. The third kappa shape index (κ3) is 3.70. The van der Waals surface area contributed by atoms with E-state index >= 15 is 0 Å². The molecular formula is C12H19BrN2O2S. The molecule has 6 heteroatoms. The number of rotatable bonds is 6. The maximum absolute atomic E-state index is 12.3. The molecule has 0 bridgehead atoms. The fraction of sp³-hybridized carbons (Fsp3) is 0.500. The highest BCUT2D eigenvalue weighted by molar-refractivity contribution is 9.10. The molecule has 0 aliphatic heterocycles. The van der Waals surface area contributed by atoms with Crippen LogP contribution in [-0.2, 0) is 10.0 Å². The molecule has 0 fully saturated rings. The second kappa shape index (κ2) is 6.54. The Hall–Kier alpha value is -0.590. The van der Waals surface area contributed by atoms with Gasteiger partial charge in [-0.1, -0.05) is 35.7 Å². The van der Waals surface area contributed by atoms with E-state index in [-0.39, 0.29) is 10.6 Å². The Bertz CT molecular complexity index is 503. The van der Waals surface area contributed by atoms with Gasteiger partial charge in [-0.25, -0.2) is 12.7 Å². The number of anilines is 1. The molecule has 102 valence electrons. The van der Waals surface area contributed by atoms with Gasteiger partial charge < -0.3 is 5.73 Å². The van der Waals surface area contributed by atoms with Gasteiger partial charge in [-0.05, 0) is 24.6 Å². The fourth-order valence-electron chi connectivity index (χ4n) is 1.63. The molecule has 4 nitrogen and oxygen atoms in total. The second-order valence-corrected chi connectivity index (χ2v) is 7.14. The van der Waals surface area contributed by atoms with Gasteiger partial charge in [0, 0.05) is 18.1 Å². The van der Waals surface area contributed by atoms with Crippen molar-refractivity contribution >= 4 is 31.6 Å². The molecule has 0 aliphatic carbocycles. The lowest BCUT2D eigenvalue weighted by Crippen LogP contribution is -2.28. The summed E-state index contributed by atoms with van der Waals surface area (Å²) in [5.74, 6) is 0. The Labute approximate surface area is 117 Å². The number of benzene rings is 1. The molecule has 0 saturated heterocycles. The first-order chi connectivity index (χ1) is 8.39. The van der Waals surface area contributed by atoms with Gasteiger partial charge in [-0.3, -0.25) is 0 Å². The summed E-state index contributed by atoms with van der Waals surface area (Å²) >= 11 is 3.26. The van der Waals surface area contributed by atoms with Gasteiger partial charge in [-0.15, -0.1) is 0 Å². The summed E-state index contributed by atoms with van der Waals surface area (Å²) in [6, 6.07) is 4.82. The zero-order valence-corrected chi connectivity index (χ0v) is 13.1. The molecule has 1 aromatic rings. The normalized spacial score (nSPS) is 12.0. The number of halogens is 1. The van der Waals surface area contributed by atoms with E-state index in [0.29, 0.717) is 6.54 Å². The zero-order valence-electron chi connectivity index (χ0n) is 10.7. The summed E-state index contributed by atoms with van der Waals surface area (Å²) in [6.07, 6.45) is 2.95. The first-order valence-electron chi connectivity index (χ1n) is 5.91. The number of nitrogen functional groups attached to an aromatic ring is 1.